The molecule has 0 spiro atoms. The Hall–Kier alpha value is -0.340. The van der Waals surface area contributed by atoms with Gasteiger partial charge in [-0.3, -0.25) is 0 Å². The highest BCUT2D eigenvalue weighted by molar-refractivity contribution is 7.11. The van der Waals surface area contributed by atoms with Crippen LogP contribution in [-0.2, 0) is 0 Å². The molecule has 0 amide bonds. The molecule has 0 unspecified atom stereocenters. The van der Waals surface area contributed by atoms with Crippen LogP contribution in [0.4, 0.5) is 0 Å². The second kappa shape index (κ2) is 2.50. The van der Waals surface area contributed by atoms with Crippen molar-refractivity contribution in [1.29, 1.82) is 0 Å². The maximum atomic E-state index is 9.05. The second-order valence-electron chi connectivity index (χ2n) is 2.12. The zero-order valence-electron chi connectivity index (χ0n) is 5.59. The summed E-state index contributed by atoms with van der Waals surface area (Å²) >= 11 is 1.65. The Labute approximate surface area is 59.0 Å². The van der Waals surface area contributed by atoms with Crippen LogP contribution in [-0.4, -0.2) is 5.11 Å². The van der Waals surface area contributed by atoms with Crippen molar-refractivity contribution in [3.8, 4) is 0 Å². The van der Waals surface area contributed by atoms with E-state index in [1.807, 2.05) is 19.1 Å². The van der Waals surface area contributed by atoms with Crippen molar-refractivity contribution in [3.63, 3.8) is 0 Å². The summed E-state index contributed by atoms with van der Waals surface area (Å²) in [6.07, 6.45) is -0.302. The van der Waals surface area contributed by atoms with Gasteiger partial charge in [-0.1, -0.05) is 0 Å². The number of aryl methyl sites for hydroxylation is 1. The highest BCUT2D eigenvalue weighted by Crippen LogP contribution is 2.21. The molecular weight excluding hydrogens is 132 g/mol. The third-order valence-corrected chi connectivity index (χ3v) is 2.34. The largest absolute Gasteiger partial charge is 0.388 e. The molecule has 0 bridgehead atoms. The summed E-state index contributed by atoms with van der Waals surface area (Å²) in [5.41, 5.74) is 0. The van der Waals surface area contributed by atoms with Gasteiger partial charge in [0.2, 0.25) is 0 Å². The van der Waals surface area contributed by atoms with Gasteiger partial charge in [-0.2, -0.15) is 0 Å². The van der Waals surface area contributed by atoms with Gasteiger partial charge in [0.1, 0.15) is 0 Å². The Balaban J connectivity index is 2.85. The topological polar surface area (TPSA) is 20.2 Å². The van der Waals surface area contributed by atoms with Crippen molar-refractivity contribution in [2.45, 2.75) is 20.0 Å². The number of rotatable bonds is 1. The van der Waals surface area contributed by atoms with E-state index in [9.17, 15) is 0 Å². The molecule has 0 aromatic carbocycles. The zero-order valence-corrected chi connectivity index (χ0v) is 6.40. The van der Waals surface area contributed by atoms with Crippen molar-refractivity contribution in [1.82, 2.24) is 0 Å². The van der Waals surface area contributed by atoms with Gasteiger partial charge >= 0.3 is 0 Å². The van der Waals surface area contributed by atoms with E-state index >= 15 is 0 Å². The monoisotopic (exact) mass is 142 g/mol. The summed E-state index contributed by atoms with van der Waals surface area (Å²) in [6.45, 7) is 3.82. The molecule has 9 heavy (non-hydrogen) atoms. The van der Waals surface area contributed by atoms with Gasteiger partial charge in [-0.05, 0) is 26.0 Å². The smallest absolute Gasteiger partial charge is 0.0854 e. The van der Waals surface area contributed by atoms with Crippen molar-refractivity contribution >= 4 is 11.3 Å². The fraction of sp³-hybridized carbons (Fsp3) is 0.429. The Morgan fingerprint density at radius 2 is 2.22 bits per heavy atom. The van der Waals surface area contributed by atoms with Crippen LogP contribution in [0.25, 0.3) is 0 Å². The lowest BCUT2D eigenvalue weighted by atomic mass is 10.3. The second-order valence-corrected chi connectivity index (χ2v) is 3.44. The standard InChI is InChI=1S/C7H10OS/c1-5-3-4-7(9-5)6(2)8/h3-4,6,8H,1-2H3/t6-/m0/s1. The average molecular weight is 142 g/mol. The lowest BCUT2D eigenvalue weighted by Gasteiger charge is -1.95. The molecule has 0 aliphatic rings. The van der Waals surface area contributed by atoms with Crippen molar-refractivity contribution in [2.75, 3.05) is 0 Å². The van der Waals surface area contributed by atoms with Crippen LogP contribution in [0.5, 0.6) is 0 Å². The summed E-state index contributed by atoms with van der Waals surface area (Å²) in [6, 6.07) is 3.98. The Bertz CT molecular complexity index is 191. The van der Waals surface area contributed by atoms with E-state index in [1.165, 1.54) is 4.88 Å². The normalized spacial score (nSPS) is 13.7. The van der Waals surface area contributed by atoms with E-state index in [2.05, 4.69) is 0 Å². The van der Waals surface area contributed by atoms with Crippen LogP contribution in [0, 0.1) is 6.92 Å². The Morgan fingerprint density at radius 1 is 1.56 bits per heavy atom. The fourth-order valence-electron chi connectivity index (χ4n) is 0.678. The molecule has 2 heteroatoms. The van der Waals surface area contributed by atoms with E-state index < -0.39 is 0 Å². The van der Waals surface area contributed by atoms with Gasteiger partial charge in [0.05, 0.1) is 6.10 Å². The third-order valence-electron chi connectivity index (χ3n) is 1.17. The minimum absolute atomic E-state index is 0.302. The first kappa shape index (κ1) is 6.78. The Kier molecular flexibility index (Phi) is 1.88. The SMILES string of the molecule is Cc1ccc([C@H](C)O)s1. The first-order chi connectivity index (χ1) is 4.20. The quantitative estimate of drug-likeness (QED) is 0.636. The highest BCUT2D eigenvalue weighted by atomic mass is 32.1. The van der Waals surface area contributed by atoms with Crippen LogP contribution >= 0.6 is 11.3 Å². The molecule has 0 radical (unpaired) electrons. The van der Waals surface area contributed by atoms with Crippen LogP contribution in [0.1, 0.15) is 22.8 Å². The van der Waals surface area contributed by atoms with Gasteiger partial charge in [0.15, 0.2) is 0 Å². The molecule has 0 aliphatic heterocycles. The maximum Gasteiger partial charge on any atom is 0.0854 e. The number of aliphatic hydroxyl groups is 1. The minimum atomic E-state index is -0.302. The average Bonchev–Trinajstić information content (AvgIpc) is 2.14. The number of aliphatic hydroxyl groups excluding tert-OH is 1. The Morgan fingerprint density at radius 3 is 2.44 bits per heavy atom. The van der Waals surface area contributed by atoms with Gasteiger partial charge < -0.3 is 5.11 Å². The molecule has 50 valence electrons. The van der Waals surface area contributed by atoms with E-state index in [4.69, 9.17) is 5.11 Å². The van der Waals surface area contributed by atoms with Crippen LogP contribution in [0.3, 0.4) is 0 Å². The zero-order chi connectivity index (χ0) is 6.85. The van der Waals surface area contributed by atoms with Crippen molar-refractivity contribution in [2.24, 2.45) is 0 Å². The lowest BCUT2D eigenvalue weighted by molar-refractivity contribution is 0.203. The van der Waals surface area contributed by atoms with Gasteiger partial charge in [0.25, 0.3) is 0 Å². The molecule has 0 saturated heterocycles. The molecule has 0 fully saturated rings. The minimum Gasteiger partial charge on any atom is -0.388 e. The number of hydrogen-bond donors (Lipinski definition) is 1. The van der Waals surface area contributed by atoms with Crippen LogP contribution in [0.2, 0.25) is 0 Å². The third kappa shape index (κ3) is 1.53. The van der Waals surface area contributed by atoms with Gasteiger partial charge in [-0.25, -0.2) is 0 Å². The molecule has 1 nitrogen and oxygen atoms in total. The predicted octanol–water partition coefficient (Wildman–Crippen LogP) is 2.11. The van der Waals surface area contributed by atoms with E-state index in [0.29, 0.717) is 0 Å². The number of hydrogen-bond acceptors (Lipinski definition) is 2. The first-order valence-electron chi connectivity index (χ1n) is 2.94. The molecule has 1 aromatic heterocycles. The van der Waals surface area contributed by atoms with Crippen LogP contribution < -0.4 is 0 Å². The first-order valence-corrected chi connectivity index (χ1v) is 3.76. The summed E-state index contributed by atoms with van der Waals surface area (Å²) in [7, 11) is 0. The van der Waals surface area contributed by atoms with Gasteiger partial charge in [-0.15, -0.1) is 11.3 Å². The molecule has 0 aliphatic carbocycles. The summed E-state index contributed by atoms with van der Waals surface area (Å²) in [5, 5.41) is 9.05. The molecule has 1 atom stereocenters. The number of thiophene rings is 1. The summed E-state index contributed by atoms with van der Waals surface area (Å²) in [5.74, 6) is 0. The lowest BCUT2D eigenvalue weighted by Crippen LogP contribution is -1.82. The molecule has 1 aromatic rings. The molecule has 1 rings (SSSR count). The van der Waals surface area contributed by atoms with E-state index in [-0.39, 0.29) is 6.10 Å². The maximum absolute atomic E-state index is 9.05. The fourth-order valence-corrected chi connectivity index (χ4v) is 1.49. The van der Waals surface area contributed by atoms with Crippen molar-refractivity contribution < 1.29 is 5.11 Å². The van der Waals surface area contributed by atoms with Crippen molar-refractivity contribution in [3.05, 3.63) is 21.9 Å². The molecule has 1 N–H and O–H groups in total. The molecule has 1 heterocycles. The van der Waals surface area contributed by atoms with Gasteiger partial charge in [0, 0.05) is 9.75 Å². The highest BCUT2D eigenvalue weighted by Gasteiger charge is 2.00. The van der Waals surface area contributed by atoms with E-state index in [0.717, 1.165) is 4.88 Å². The predicted molar refractivity (Wildman–Crippen MR) is 39.7 cm³/mol. The summed E-state index contributed by atoms with van der Waals surface area (Å²) in [4.78, 5) is 2.30. The molecular formula is C7H10OS. The van der Waals surface area contributed by atoms with E-state index in [1.54, 1.807) is 18.3 Å². The van der Waals surface area contributed by atoms with Crippen LogP contribution in [0.15, 0.2) is 12.1 Å². The molecule has 0 saturated carbocycles. The summed E-state index contributed by atoms with van der Waals surface area (Å²) < 4.78 is 0.